The zero-order chi connectivity index (χ0) is 18.5. The summed E-state index contributed by atoms with van der Waals surface area (Å²) in [6.07, 6.45) is 2.07. The Bertz CT molecular complexity index is 885. The number of thiazole rings is 1. The smallest absolute Gasteiger partial charge is 0.289 e. The molecule has 0 atom stereocenters. The number of unbranched alkanes of at least 4 members (excludes halogenated alkanes) is 1. The lowest BCUT2D eigenvalue weighted by atomic mass is 10.1. The molecule has 0 unspecified atom stereocenters. The van der Waals surface area contributed by atoms with Gasteiger partial charge in [-0.3, -0.25) is 4.79 Å². The Balaban J connectivity index is 1.91. The summed E-state index contributed by atoms with van der Waals surface area (Å²) in [7, 11) is 0. The zero-order valence-electron chi connectivity index (χ0n) is 15.4. The number of rotatable bonds is 8. The van der Waals surface area contributed by atoms with E-state index in [0.717, 1.165) is 46.0 Å². The van der Waals surface area contributed by atoms with Gasteiger partial charge in [-0.2, -0.15) is 0 Å². The Hall–Kier alpha value is -1.79. The van der Waals surface area contributed by atoms with Gasteiger partial charge in [0, 0.05) is 40.9 Å². The highest BCUT2D eigenvalue weighted by molar-refractivity contribution is 8.00. The Labute approximate surface area is 162 Å². The first-order valence-electron chi connectivity index (χ1n) is 8.98. The van der Waals surface area contributed by atoms with Crippen LogP contribution in [0, 0.1) is 6.92 Å². The third-order valence-corrected chi connectivity index (χ3v) is 6.45. The molecule has 0 aliphatic heterocycles. The second-order valence-electron chi connectivity index (χ2n) is 6.19. The van der Waals surface area contributed by atoms with E-state index >= 15 is 0 Å². The van der Waals surface area contributed by atoms with Crippen molar-refractivity contribution in [2.24, 2.45) is 0 Å². The van der Waals surface area contributed by atoms with Crippen molar-refractivity contribution in [3.05, 3.63) is 46.7 Å². The van der Waals surface area contributed by atoms with Crippen LogP contribution in [0.2, 0.25) is 0 Å². The molecule has 0 radical (unpaired) electrons. The van der Waals surface area contributed by atoms with Crippen LogP contribution in [0.25, 0.3) is 11.0 Å². The van der Waals surface area contributed by atoms with E-state index in [-0.39, 0.29) is 5.91 Å². The van der Waals surface area contributed by atoms with E-state index in [1.165, 1.54) is 0 Å². The maximum atomic E-state index is 13.1. The van der Waals surface area contributed by atoms with E-state index in [4.69, 9.17) is 4.42 Å². The second kappa shape index (κ2) is 8.73. The minimum Gasteiger partial charge on any atom is -0.451 e. The molecule has 138 valence electrons. The number of para-hydroxylation sites is 1. The minimum atomic E-state index is -0.0110. The summed E-state index contributed by atoms with van der Waals surface area (Å²) in [6.45, 7) is 7.60. The second-order valence-corrected chi connectivity index (χ2v) is 8.27. The molecule has 1 aromatic carbocycles. The number of nitrogens with zero attached hydrogens (tertiary/aromatic N) is 2. The molecule has 0 N–H and O–H groups in total. The van der Waals surface area contributed by atoms with Crippen molar-refractivity contribution in [2.45, 2.75) is 43.7 Å². The van der Waals surface area contributed by atoms with Gasteiger partial charge in [-0.15, -0.1) is 11.3 Å². The van der Waals surface area contributed by atoms with Gasteiger partial charge in [-0.05, 0) is 26.3 Å². The number of aryl methyl sites for hydroxylation is 1. The number of aromatic nitrogens is 1. The molecule has 3 aromatic rings. The van der Waals surface area contributed by atoms with E-state index in [2.05, 4.69) is 11.9 Å². The SMILES string of the molecule is CCCCN(CC)C(=O)c1oc2ccccc2c1CSc1nc(C)cs1. The summed E-state index contributed by atoms with van der Waals surface area (Å²) in [5.74, 6) is 1.14. The summed E-state index contributed by atoms with van der Waals surface area (Å²) >= 11 is 3.30. The van der Waals surface area contributed by atoms with Gasteiger partial charge in [0.05, 0.1) is 0 Å². The molecule has 0 fully saturated rings. The highest BCUT2D eigenvalue weighted by Crippen LogP contribution is 2.33. The van der Waals surface area contributed by atoms with Crippen molar-refractivity contribution in [3.63, 3.8) is 0 Å². The number of amides is 1. The van der Waals surface area contributed by atoms with E-state index in [0.29, 0.717) is 18.1 Å². The molecule has 1 amide bonds. The van der Waals surface area contributed by atoms with Crippen LogP contribution in [-0.2, 0) is 5.75 Å². The molecule has 0 spiro atoms. The Morgan fingerprint density at radius 2 is 2.12 bits per heavy atom. The van der Waals surface area contributed by atoms with E-state index < -0.39 is 0 Å². The predicted molar refractivity (Wildman–Crippen MR) is 109 cm³/mol. The fraction of sp³-hybridized carbons (Fsp3) is 0.400. The Morgan fingerprint density at radius 3 is 2.81 bits per heavy atom. The van der Waals surface area contributed by atoms with E-state index in [1.807, 2.05) is 48.4 Å². The van der Waals surface area contributed by atoms with Crippen molar-refractivity contribution in [1.82, 2.24) is 9.88 Å². The Kier molecular flexibility index (Phi) is 6.38. The molecular weight excluding hydrogens is 364 g/mol. The number of hydrogen-bond acceptors (Lipinski definition) is 5. The largest absolute Gasteiger partial charge is 0.451 e. The molecule has 0 saturated heterocycles. The highest BCUT2D eigenvalue weighted by Gasteiger charge is 2.24. The fourth-order valence-corrected chi connectivity index (χ4v) is 4.72. The van der Waals surface area contributed by atoms with Gasteiger partial charge < -0.3 is 9.32 Å². The molecule has 4 nitrogen and oxygen atoms in total. The van der Waals surface area contributed by atoms with Gasteiger partial charge in [0.2, 0.25) is 0 Å². The van der Waals surface area contributed by atoms with Gasteiger partial charge in [0.15, 0.2) is 5.76 Å². The quantitative estimate of drug-likeness (QED) is 0.461. The van der Waals surface area contributed by atoms with Crippen LogP contribution in [0.5, 0.6) is 0 Å². The van der Waals surface area contributed by atoms with Crippen LogP contribution in [0.1, 0.15) is 48.5 Å². The van der Waals surface area contributed by atoms with Gasteiger partial charge in [-0.1, -0.05) is 43.3 Å². The summed E-state index contributed by atoms with van der Waals surface area (Å²) in [6, 6.07) is 7.88. The normalized spacial score (nSPS) is 11.2. The molecule has 0 bridgehead atoms. The molecule has 3 rings (SSSR count). The van der Waals surface area contributed by atoms with Crippen molar-refractivity contribution >= 4 is 40.0 Å². The topological polar surface area (TPSA) is 46.3 Å². The molecule has 0 aliphatic rings. The lowest BCUT2D eigenvalue weighted by molar-refractivity contribution is 0.0731. The van der Waals surface area contributed by atoms with Crippen LogP contribution in [0.15, 0.2) is 38.4 Å². The van der Waals surface area contributed by atoms with Crippen LogP contribution < -0.4 is 0 Å². The average Bonchev–Trinajstić information content (AvgIpc) is 3.23. The first kappa shape index (κ1) is 19.0. The number of carbonyl (C=O) groups is 1. The molecule has 2 aromatic heterocycles. The number of benzene rings is 1. The summed E-state index contributed by atoms with van der Waals surface area (Å²) in [5.41, 5.74) is 2.77. The zero-order valence-corrected chi connectivity index (χ0v) is 17.1. The monoisotopic (exact) mass is 388 g/mol. The molecule has 6 heteroatoms. The third kappa shape index (κ3) is 4.13. The molecule has 26 heavy (non-hydrogen) atoms. The first-order chi connectivity index (χ1) is 12.6. The summed E-state index contributed by atoms with van der Waals surface area (Å²) in [4.78, 5) is 19.5. The first-order valence-corrected chi connectivity index (χ1v) is 10.8. The number of carbonyl (C=O) groups excluding carboxylic acids is 1. The molecule has 0 aliphatic carbocycles. The summed E-state index contributed by atoms with van der Waals surface area (Å²) < 4.78 is 7.01. The van der Waals surface area contributed by atoms with Gasteiger partial charge in [0.1, 0.15) is 9.92 Å². The van der Waals surface area contributed by atoms with Crippen LogP contribution in [-0.4, -0.2) is 28.9 Å². The maximum Gasteiger partial charge on any atom is 0.289 e. The van der Waals surface area contributed by atoms with Crippen molar-refractivity contribution in [1.29, 1.82) is 0 Å². The highest BCUT2D eigenvalue weighted by atomic mass is 32.2. The minimum absolute atomic E-state index is 0.0110. The average molecular weight is 389 g/mol. The van der Waals surface area contributed by atoms with Crippen molar-refractivity contribution < 1.29 is 9.21 Å². The number of furan rings is 1. The molecule has 2 heterocycles. The van der Waals surface area contributed by atoms with Gasteiger partial charge in [-0.25, -0.2) is 4.98 Å². The number of hydrogen-bond donors (Lipinski definition) is 0. The third-order valence-electron chi connectivity index (χ3n) is 4.28. The fourth-order valence-electron chi connectivity index (χ4n) is 2.84. The van der Waals surface area contributed by atoms with Crippen molar-refractivity contribution in [2.75, 3.05) is 13.1 Å². The Morgan fingerprint density at radius 1 is 1.31 bits per heavy atom. The lowest BCUT2D eigenvalue weighted by Crippen LogP contribution is -2.32. The standard InChI is InChI=1S/C20H24N2O2S2/c1-4-6-11-22(5-2)19(23)18-16(13-26-20-21-14(3)12-25-20)15-9-7-8-10-17(15)24-18/h7-10,12H,4-6,11,13H2,1-3H3. The van der Waals surface area contributed by atoms with Crippen LogP contribution >= 0.6 is 23.1 Å². The molecular formula is C20H24N2O2S2. The van der Waals surface area contributed by atoms with Crippen LogP contribution in [0.4, 0.5) is 0 Å². The number of thioether (sulfide) groups is 1. The number of fused-ring (bicyclic) bond motifs is 1. The maximum absolute atomic E-state index is 13.1. The predicted octanol–water partition coefficient (Wildman–Crippen LogP) is 5.75. The lowest BCUT2D eigenvalue weighted by Gasteiger charge is -2.19. The van der Waals surface area contributed by atoms with E-state index in [9.17, 15) is 4.79 Å². The van der Waals surface area contributed by atoms with Crippen LogP contribution in [0.3, 0.4) is 0 Å². The van der Waals surface area contributed by atoms with Crippen molar-refractivity contribution in [3.8, 4) is 0 Å². The van der Waals surface area contributed by atoms with Gasteiger partial charge in [0.25, 0.3) is 5.91 Å². The van der Waals surface area contributed by atoms with E-state index in [1.54, 1.807) is 23.1 Å². The molecule has 0 saturated carbocycles. The summed E-state index contributed by atoms with van der Waals surface area (Å²) in [5, 5.41) is 3.06. The van der Waals surface area contributed by atoms with Gasteiger partial charge >= 0.3 is 0 Å².